The van der Waals surface area contributed by atoms with Crippen molar-refractivity contribution in [3.63, 3.8) is 0 Å². The number of carboxylic acid groups (broad SMARTS) is 1. The molecular weight excluding hydrogens is 338 g/mol. The number of thioether (sulfide) groups is 1. The van der Waals surface area contributed by atoms with Gasteiger partial charge in [0, 0.05) is 7.05 Å². The van der Waals surface area contributed by atoms with Crippen molar-refractivity contribution in [2.75, 3.05) is 20.8 Å². The van der Waals surface area contributed by atoms with E-state index in [1.54, 1.807) is 31.3 Å². The summed E-state index contributed by atoms with van der Waals surface area (Å²) in [7, 11) is 3.13. The summed E-state index contributed by atoms with van der Waals surface area (Å²) in [4.78, 5) is 24.5. The Bertz CT molecular complexity index is 686. The lowest BCUT2D eigenvalue weighted by Crippen LogP contribution is -2.22. The number of carbonyl (C=O) groups excluding carboxylic acids is 1. The summed E-state index contributed by atoms with van der Waals surface area (Å²) >= 11 is 6.33. The molecule has 1 amide bonds. The Balaban J connectivity index is 2.17. The van der Waals surface area contributed by atoms with E-state index >= 15 is 0 Å². The molecule has 1 fully saturated rings. The molecule has 6 nitrogen and oxygen atoms in total. The molecule has 1 aliphatic rings. The average Bonchev–Trinajstić information content (AvgIpc) is 2.75. The van der Waals surface area contributed by atoms with Crippen LogP contribution < -0.4 is 9.47 Å². The molecule has 0 aromatic heterocycles. The van der Waals surface area contributed by atoms with E-state index in [0.717, 1.165) is 5.56 Å². The minimum absolute atomic E-state index is 0.0551. The van der Waals surface area contributed by atoms with E-state index in [1.165, 1.54) is 23.8 Å². The topological polar surface area (TPSA) is 76.1 Å². The highest BCUT2D eigenvalue weighted by molar-refractivity contribution is 8.26. The van der Waals surface area contributed by atoms with E-state index in [2.05, 4.69) is 0 Å². The normalized spacial score (nSPS) is 16.1. The van der Waals surface area contributed by atoms with E-state index < -0.39 is 5.97 Å². The van der Waals surface area contributed by atoms with E-state index in [9.17, 15) is 9.59 Å². The van der Waals surface area contributed by atoms with Crippen LogP contribution in [-0.2, 0) is 9.59 Å². The van der Waals surface area contributed by atoms with Crippen molar-refractivity contribution in [3.05, 3.63) is 28.7 Å². The van der Waals surface area contributed by atoms with Crippen LogP contribution >= 0.6 is 24.0 Å². The standard InChI is InChI=1S/C15H15NO5S2/c1-16-14(19)12(23-15(16)22)8-9-3-4-10(11(7-9)20-2)21-6-5-13(17)18/h3-4,7-8H,5-6H2,1-2H3,(H,17,18)/b12-8+. The number of likely N-dealkylation sites (N-methyl/N-ethyl adjacent to an activating group) is 1. The van der Waals surface area contributed by atoms with Gasteiger partial charge in [0.1, 0.15) is 4.32 Å². The zero-order chi connectivity index (χ0) is 17.0. The van der Waals surface area contributed by atoms with Crippen molar-refractivity contribution in [3.8, 4) is 11.5 Å². The maximum absolute atomic E-state index is 12.0. The Morgan fingerprint density at radius 2 is 2.17 bits per heavy atom. The first-order valence-electron chi connectivity index (χ1n) is 6.66. The van der Waals surface area contributed by atoms with Gasteiger partial charge < -0.3 is 14.6 Å². The highest BCUT2D eigenvalue weighted by atomic mass is 32.2. The third-order valence-corrected chi connectivity index (χ3v) is 4.53. The third-order valence-electron chi connectivity index (χ3n) is 3.05. The maximum Gasteiger partial charge on any atom is 0.306 e. The SMILES string of the molecule is COc1cc(/C=C2/SC(=S)N(C)C2=O)ccc1OCCC(=O)O. The quantitative estimate of drug-likeness (QED) is 0.621. The van der Waals surface area contributed by atoms with Gasteiger partial charge in [-0.25, -0.2) is 0 Å². The van der Waals surface area contributed by atoms with E-state index in [1.807, 2.05) is 0 Å². The predicted octanol–water partition coefficient (Wildman–Crippen LogP) is 2.38. The van der Waals surface area contributed by atoms with E-state index in [-0.39, 0.29) is 18.9 Å². The van der Waals surface area contributed by atoms with Crippen LogP contribution in [0, 0.1) is 0 Å². The van der Waals surface area contributed by atoms with Crippen LogP contribution in [0.2, 0.25) is 0 Å². The van der Waals surface area contributed by atoms with Crippen molar-refractivity contribution in [2.24, 2.45) is 0 Å². The largest absolute Gasteiger partial charge is 0.493 e. The fraction of sp³-hybridized carbons (Fsp3) is 0.267. The first-order valence-corrected chi connectivity index (χ1v) is 7.89. The van der Waals surface area contributed by atoms with Crippen LogP contribution in [-0.4, -0.2) is 47.0 Å². The number of carbonyl (C=O) groups is 2. The summed E-state index contributed by atoms with van der Waals surface area (Å²) in [6.07, 6.45) is 1.64. The lowest BCUT2D eigenvalue weighted by molar-refractivity contribution is -0.137. The van der Waals surface area contributed by atoms with Gasteiger partial charge in [0.05, 0.1) is 25.0 Å². The van der Waals surface area contributed by atoms with E-state index in [4.69, 9.17) is 26.8 Å². The molecule has 1 heterocycles. The van der Waals surface area contributed by atoms with Crippen LogP contribution in [0.25, 0.3) is 6.08 Å². The summed E-state index contributed by atoms with van der Waals surface area (Å²) in [5.41, 5.74) is 0.765. The molecule has 0 saturated carbocycles. The van der Waals surface area contributed by atoms with Gasteiger partial charge in [0.15, 0.2) is 11.5 Å². The second-order valence-corrected chi connectivity index (χ2v) is 6.32. The van der Waals surface area contributed by atoms with E-state index in [0.29, 0.717) is 20.7 Å². The van der Waals surface area contributed by atoms with Gasteiger partial charge in [-0.1, -0.05) is 30.0 Å². The first kappa shape index (κ1) is 17.3. The first-order chi connectivity index (χ1) is 10.9. The minimum Gasteiger partial charge on any atom is -0.493 e. The molecule has 122 valence electrons. The van der Waals surface area contributed by atoms with Crippen molar-refractivity contribution in [1.82, 2.24) is 4.90 Å². The second kappa shape index (κ2) is 7.47. The summed E-state index contributed by atoms with van der Waals surface area (Å²) in [5.74, 6) is -0.145. The zero-order valence-corrected chi connectivity index (χ0v) is 14.2. The van der Waals surface area contributed by atoms with Gasteiger partial charge in [0.2, 0.25) is 0 Å². The number of carboxylic acids is 1. The molecule has 1 saturated heterocycles. The fourth-order valence-electron chi connectivity index (χ4n) is 1.84. The molecule has 0 unspecified atom stereocenters. The minimum atomic E-state index is -0.929. The molecule has 1 N–H and O–H groups in total. The number of hydrogen-bond donors (Lipinski definition) is 1. The van der Waals surface area contributed by atoms with Gasteiger partial charge in [-0.2, -0.15) is 0 Å². The number of amides is 1. The lowest BCUT2D eigenvalue weighted by atomic mass is 10.2. The molecule has 8 heteroatoms. The van der Waals surface area contributed by atoms with Crippen molar-refractivity contribution in [1.29, 1.82) is 0 Å². The van der Waals surface area contributed by atoms with Crippen LogP contribution in [0.4, 0.5) is 0 Å². The van der Waals surface area contributed by atoms with Gasteiger partial charge >= 0.3 is 5.97 Å². The predicted molar refractivity (Wildman–Crippen MR) is 91.7 cm³/mol. The molecular formula is C15H15NO5S2. The molecule has 0 spiro atoms. The summed E-state index contributed by atoms with van der Waals surface area (Å²) < 4.78 is 11.2. The molecule has 23 heavy (non-hydrogen) atoms. The Morgan fingerprint density at radius 3 is 2.74 bits per heavy atom. The van der Waals surface area contributed by atoms with Gasteiger partial charge in [-0.15, -0.1) is 0 Å². The summed E-state index contributed by atoms with van der Waals surface area (Å²) in [6.45, 7) is 0.0551. The number of ether oxygens (including phenoxy) is 2. The number of methoxy groups -OCH3 is 1. The van der Waals surface area contributed by atoms with Crippen molar-refractivity contribution < 1.29 is 24.2 Å². The summed E-state index contributed by atoms with van der Waals surface area (Å²) in [5, 5.41) is 8.62. The third kappa shape index (κ3) is 4.23. The summed E-state index contributed by atoms with van der Waals surface area (Å²) in [6, 6.07) is 5.17. The van der Waals surface area contributed by atoms with Crippen LogP contribution in [0.1, 0.15) is 12.0 Å². The number of thiocarbonyl (C=S) groups is 1. The van der Waals surface area contributed by atoms with Crippen LogP contribution in [0.3, 0.4) is 0 Å². The highest BCUT2D eigenvalue weighted by Gasteiger charge is 2.28. The van der Waals surface area contributed by atoms with Crippen molar-refractivity contribution in [2.45, 2.75) is 6.42 Å². The Morgan fingerprint density at radius 1 is 1.43 bits per heavy atom. The van der Waals surface area contributed by atoms with Crippen LogP contribution in [0.15, 0.2) is 23.1 Å². The Kier molecular flexibility index (Phi) is 5.62. The highest BCUT2D eigenvalue weighted by Crippen LogP contribution is 2.34. The molecule has 0 atom stereocenters. The van der Waals surface area contributed by atoms with Crippen LogP contribution in [0.5, 0.6) is 11.5 Å². The second-order valence-electron chi connectivity index (χ2n) is 4.64. The molecule has 1 aromatic carbocycles. The van der Waals surface area contributed by atoms with Gasteiger partial charge in [-0.3, -0.25) is 14.5 Å². The molecule has 1 aliphatic heterocycles. The van der Waals surface area contributed by atoms with Gasteiger partial charge in [0.25, 0.3) is 5.91 Å². The number of aliphatic carboxylic acids is 1. The smallest absolute Gasteiger partial charge is 0.306 e. The zero-order valence-electron chi connectivity index (χ0n) is 12.6. The average molecular weight is 353 g/mol. The number of hydrogen-bond acceptors (Lipinski definition) is 6. The lowest BCUT2D eigenvalue weighted by Gasteiger charge is -2.10. The number of nitrogens with zero attached hydrogens (tertiary/aromatic N) is 1. The Hall–Kier alpha value is -2.06. The monoisotopic (exact) mass is 353 g/mol. The fourth-order valence-corrected chi connectivity index (χ4v) is 3.02. The maximum atomic E-state index is 12.0. The molecule has 0 aliphatic carbocycles. The Labute approximate surface area is 143 Å². The number of rotatable bonds is 6. The molecule has 2 rings (SSSR count). The van der Waals surface area contributed by atoms with Gasteiger partial charge in [-0.05, 0) is 23.8 Å². The molecule has 1 aromatic rings. The molecule has 0 radical (unpaired) electrons. The van der Waals surface area contributed by atoms with Crippen molar-refractivity contribution >= 4 is 46.3 Å². The molecule has 0 bridgehead atoms. The number of benzene rings is 1.